The van der Waals surface area contributed by atoms with Crippen LogP contribution in [-0.4, -0.2) is 28.2 Å². The van der Waals surface area contributed by atoms with Crippen LogP contribution in [0.15, 0.2) is 42.5 Å². The molecule has 6 nitrogen and oxygen atoms in total. The molecule has 0 bridgehead atoms. The third kappa shape index (κ3) is 3.12. The van der Waals surface area contributed by atoms with Crippen LogP contribution in [-0.2, 0) is 11.3 Å². The van der Waals surface area contributed by atoms with Crippen molar-refractivity contribution < 1.29 is 19.4 Å². The number of phenolic OH excluding ortho intramolecular Hbond substituents is 1. The van der Waals surface area contributed by atoms with Gasteiger partial charge < -0.3 is 14.6 Å². The number of esters is 1. The second-order valence-corrected chi connectivity index (χ2v) is 5.20. The lowest BCUT2D eigenvalue weighted by molar-refractivity contribution is 0.0463. The van der Waals surface area contributed by atoms with E-state index < -0.39 is 5.97 Å². The number of carbonyl (C=O) groups is 1. The van der Waals surface area contributed by atoms with E-state index in [1.165, 1.54) is 19.2 Å². The molecule has 0 atom stereocenters. The van der Waals surface area contributed by atoms with Crippen LogP contribution in [0, 0.1) is 6.92 Å². The summed E-state index contributed by atoms with van der Waals surface area (Å²) in [7, 11) is 1.48. The van der Waals surface area contributed by atoms with E-state index in [1.54, 1.807) is 6.07 Å². The molecule has 0 radical (unpaired) electrons. The first kappa shape index (κ1) is 15.7. The van der Waals surface area contributed by atoms with Crippen molar-refractivity contribution in [2.24, 2.45) is 0 Å². The minimum atomic E-state index is -0.635. The molecule has 122 valence electrons. The Morgan fingerprint density at radius 1 is 1.12 bits per heavy atom. The number of fused-ring (bicyclic) bond motifs is 1. The average molecular weight is 324 g/mol. The van der Waals surface area contributed by atoms with Crippen molar-refractivity contribution in [3.05, 3.63) is 59.4 Å². The lowest BCUT2D eigenvalue weighted by Crippen LogP contribution is -2.08. The molecule has 0 aliphatic carbocycles. The number of ether oxygens (including phenoxy) is 2. The van der Waals surface area contributed by atoms with Crippen molar-refractivity contribution in [1.29, 1.82) is 0 Å². The molecule has 1 aromatic heterocycles. The van der Waals surface area contributed by atoms with E-state index >= 15 is 0 Å². The maximum absolute atomic E-state index is 12.1. The van der Waals surface area contributed by atoms with Gasteiger partial charge in [-0.3, -0.25) is 0 Å². The van der Waals surface area contributed by atoms with Gasteiger partial charge in [0.15, 0.2) is 0 Å². The van der Waals surface area contributed by atoms with Gasteiger partial charge in [0, 0.05) is 6.07 Å². The fourth-order valence-corrected chi connectivity index (χ4v) is 2.28. The highest BCUT2D eigenvalue weighted by Crippen LogP contribution is 2.24. The highest BCUT2D eigenvalue weighted by Gasteiger charge is 2.15. The molecule has 0 fully saturated rings. The summed E-state index contributed by atoms with van der Waals surface area (Å²) in [4.78, 5) is 21.1. The van der Waals surface area contributed by atoms with Crippen LogP contribution in [0.5, 0.6) is 11.5 Å². The third-order valence-corrected chi connectivity index (χ3v) is 3.61. The SMILES string of the molecule is COc1ccc(C(=O)OCc2nc3ccccc3nc2C)c(O)c1. The zero-order valence-electron chi connectivity index (χ0n) is 13.3. The first-order valence-corrected chi connectivity index (χ1v) is 7.35. The van der Waals surface area contributed by atoms with Gasteiger partial charge in [-0.05, 0) is 31.2 Å². The van der Waals surface area contributed by atoms with Gasteiger partial charge >= 0.3 is 5.97 Å². The van der Waals surface area contributed by atoms with E-state index in [2.05, 4.69) is 9.97 Å². The number of methoxy groups -OCH3 is 1. The summed E-state index contributed by atoms with van der Waals surface area (Å²) in [5.74, 6) is -0.370. The van der Waals surface area contributed by atoms with Crippen LogP contribution < -0.4 is 4.74 Å². The molecule has 0 saturated carbocycles. The molecule has 0 aliphatic rings. The number of aromatic hydroxyl groups is 1. The van der Waals surface area contributed by atoms with Gasteiger partial charge in [-0.1, -0.05) is 12.1 Å². The summed E-state index contributed by atoms with van der Waals surface area (Å²) in [5, 5.41) is 9.88. The molecular weight excluding hydrogens is 308 g/mol. The predicted octanol–water partition coefficient (Wildman–Crippen LogP) is 3.01. The lowest BCUT2D eigenvalue weighted by atomic mass is 10.2. The van der Waals surface area contributed by atoms with Gasteiger partial charge in [0.2, 0.25) is 0 Å². The number of para-hydroxylation sites is 2. The van der Waals surface area contributed by atoms with Crippen LogP contribution in [0.25, 0.3) is 11.0 Å². The Kier molecular flexibility index (Phi) is 4.29. The van der Waals surface area contributed by atoms with Gasteiger partial charge in [0.05, 0.1) is 29.5 Å². The summed E-state index contributed by atoms with van der Waals surface area (Å²) in [6.07, 6.45) is 0. The van der Waals surface area contributed by atoms with Crippen molar-refractivity contribution in [3.8, 4) is 11.5 Å². The summed E-state index contributed by atoms with van der Waals surface area (Å²) < 4.78 is 10.2. The minimum absolute atomic E-state index is 0.0199. The maximum Gasteiger partial charge on any atom is 0.342 e. The Hall–Kier alpha value is -3.15. The van der Waals surface area contributed by atoms with Gasteiger partial charge in [-0.15, -0.1) is 0 Å². The summed E-state index contributed by atoms with van der Waals surface area (Å²) >= 11 is 0. The summed E-state index contributed by atoms with van der Waals surface area (Å²) in [5.41, 5.74) is 2.87. The fraction of sp³-hybridized carbons (Fsp3) is 0.167. The van der Waals surface area contributed by atoms with Gasteiger partial charge in [-0.2, -0.15) is 0 Å². The molecule has 3 aromatic rings. The second kappa shape index (κ2) is 6.54. The van der Waals surface area contributed by atoms with E-state index in [4.69, 9.17) is 9.47 Å². The van der Waals surface area contributed by atoms with Gasteiger partial charge in [-0.25, -0.2) is 14.8 Å². The first-order chi connectivity index (χ1) is 11.6. The zero-order chi connectivity index (χ0) is 17.1. The standard InChI is InChI=1S/C18H16N2O4/c1-11-16(20-15-6-4-3-5-14(15)19-11)10-24-18(22)13-8-7-12(23-2)9-17(13)21/h3-9,21H,10H2,1-2H3. The fourth-order valence-electron chi connectivity index (χ4n) is 2.28. The number of carbonyl (C=O) groups excluding carboxylic acids is 1. The third-order valence-electron chi connectivity index (χ3n) is 3.61. The Balaban J connectivity index is 1.78. The van der Waals surface area contributed by atoms with Gasteiger partial charge in [0.25, 0.3) is 0 Å². The normalized spacial score (nSPS) is 10.6. The first-order valence-electron chi connectivity index (χ1n) is 7.35. The highest BCUT2D eigenvalue weighted by atomic mass is 16.5. The van der Waals surface area contributed by atoms with Crippen LogP contribution in [0.4, 0.5) is 0 Å². The van der Waals surface area contributed by atoms with Crippen LogP contribution in [0.3, 0.4) is 0 Å². The maximum atomic E-state index is 12.1. The van der Waals surface area contributed by atoms with Crippen LogP contribution >= 0.6 is 0 Å². The number of hydrogen-bond donors (Lipinski definition) is 1. The summed E-state index contributed by atoms with van der Waals surface area (Å²) in [6.45, 7) is 1.79. The number of hydrogen-bond acceptors (Lipinski definition) is 6. The van der Waals surface area contributed by atoms with Crippen molar-refractivity contribution in [2.45, 2.75) is 13.5 Å². The smallest absolute Gasteiger partial charge is 0.342 e. The van der Waals surface area contributed by atoms with Crippen molar-refractivity contribution in [1.82, 2.24) is 9.97 Å². The molecular formula is C18H16N2O4. The average Bonchev–Trinajstić information content (AvgIpc) is 2.59. The Labute approximate surface area is 138 Å². The topological polar surface area (TPSA) is 81.5 Å². The number of phenols is 1. The Bertz CT molecular complexity index is 909. The molecule has 0 amide bonds. The van der Waals surface area contributed by atoms with E-state index in [0.29, 0.717) is 17.1 Å². The second-order valence-electron chi connectivity index (χ2n) is 5.20. The molecule has 2 aromatic carbocycles. The van der Waals surface area contributed by atoms with Crippen molar-refractivity contribution >= 4 is 17.0 Å². The molecule has 6 heteroatoms. The predicted molar refractivity (Wildman–Crippen MR) is 88.1 cm³/mol. The van der Waals surface area contributed by atoms with Crippen LogP contribution in [0.1, 0.15) is 21.7 Å². The van der Waals surface area contributed by atoms with E-state index in [0.717, 1.165) is 11.0 Å². The molecule has 0 saturated heterocycles. The van der Waals surface area contributed by atoms with Crippen molar-refractivity contribution in [3.63, 3.8) is 0 Å². The highest BCUT2D eigenvalue weighted by molar-refractivity contribution is 5.92. The molecule has 1 heterocycles. The molecule has 3 rings (SSSR count). The Morgan fingerprint density at radius 2 is 1.83 bits per heavy atom. The minimum Gasteiger partial charge on any atom is -0.507 e. The molecule has 0 spiro atoms. The van der Waals surface area contributed by atoms with E-state index in [1.807, 2.05) is 31.2 Å². The quantitative estimate of drug-likeness (QED) is 0.743. The number of nitrogens with zero attached hydrogens (tertiary/aromatic N) is 2. The van der Waals surface area contributed by atoms with Gasteiger partial charge in [0.1, 0.15) is 23.7 Å². The monoisotopic (exact) mass is 324 g/mol. The molecule has 1 N–H and O–H groups in total. The van der Waals surface area contributed by atoms with Crippen molar-refractivity contribution in [2.75, 3.05) is 7.11 Å². The zero-order valence-corrected chi connectivity index (χ0v) is 13.3. The number of benzene rings is 2. The van der Waals surface area contributed by atoms with E-state index in [-0.39, 0.29) is 17.9 Å². The number of rotatable bonds is 4. The lowest BCUT2D eigenvalue weighted by Gasteiger charge is -2.09. The van der Waals surface area contributed by atoms with E-state index in [9.17, 15) is 9.90 Å². The number of aryl methyl sites for hydroxylation is 1. The largest absolute Gasteiger partial charge is 0.507 e. The van der Waals surface area contributed by atoms with Crippen LogP contribution in [0.2, 0.25) is 0 Å². The summed E-state index contributed by atoms with van der Waals surface area (Å²) in [6, 6.07) is 11.9. The molecule has 0 unspecified atom stereocenters. The molecule has 24 heavy (non-hydrogen) atoms. The number of aromatic nitrogens is 2. The Morgan fingerprint density at radius 3 is 2.50 bits per heavy atom. The molecule has 0 aliphatic heterocycles.